The van der Waals surface area contributed by atoms with Crippen molar-refractivity contribution in [3.05, 3.63) is 29.8 Å². The zero-order valence-corrected chi connectivity index (χ0v) is 23.1. The molecule has 0 saturated carbocycles. The predicted octanol–water partition coefficient (Wildman–Crippen LogP) is 4.58. The van der Waals surface area contributed by atoms with E-state index in [2.05, 4.69) is 30.2 Å². The fourth-order valence-corrected chi connectivity index (χ4v) is 3.80. The molecule has 0 bridgehead atoms. The highest BCUT2D eigenvalue weighted by atomic mass is 32.1. The summed E-state index contributed by atoms with van der Waals surface area (Å²) in [5.74, 6) is -0.976. The zero-order valence-electron chi connectivity index (χ0n) is 22.2. The van der Waals surface area contributed by atoms with Crippen LogP contribution in [0.25, 0.3) is 0 Å². The molecule has 0 aliphatic rings. The first-order valence-electron chi connectivity index (χ1n) is 12.3. The van der Waals surface area contributed by atoms with E-state index in [0.29, 0.717) is 18.5 Å². The fourth-order valence-electron chi connectivity index (χ4n) is 3.55. The Bertz CT molecular complexity index is 854. The summed E-state index contributed by atoms with van der Waals surface area (Å²) < 4.78 is 5.33. The highest BCUT2D eigenvalue weighted by Gasteiger charge is 2.43. The molecule has 0 aromatic heterocycles. The van der Waals surface area contributed by atoms with Crippen LogP contribution in [-0.2, 0) is 14.3 Å². The summed E-state index contributed by atoms with van der Waals surface area (Å²) in [6.07, 6.45) is 2.55. The van der Waals surface area contributed by atoms with Crippen LogP contribution in [0.15, 0.2) is 24.3 Å². The molecule has 35 heavy (non-hydrogen) atoms. The Kier molecular flexibility index (Phi) is 11.9. The van der Waals surface area contributed by atoms with Gasteiger partial charge in [0, 0.05) is 23.4 Å². The molecule has 0 aliphatic heterocycles. The highest BCUT2D eigenvalue weighted by Crippen LogP contribution is 2.35. The van der Waals surface area contributed by atoms with Crippen molar-refractivity contribution in [2.75, 3.05) is 12.3 Å². The fraction of sp³-hybridized carbons (Fsp3) is 0.654. The third-order valence-corrected chi connectivity index (χ3v) is 6.11. The third-order valence-electron chi connectivity index (χ3n) is 5.74. The molecule has 0 saturated heterocycles. The molecule has 8 nitrogen and oxygen atoms in total. The molecule has 0 aliphatic carbocycles. The number of nitrogens with one attached hydrogen (secondary N) is 2. The number of unbranched alkanes of at least 4 members (excludes halogenated alkanes) is 2. The largest absolute Gasteiger partial charge is 0.508 e. The van der Waals surface area contributed by atoms with E-state index in [4.69, 9.17) is 4.74 Å². The number of phenols is 1. The summed E-state index contributed by atoms with van der Waals surface area (Å²) >= 11 is 4.30. The molecule has 1 aromatic rings. The molecule has 0 fully saturated rings. The minimum Gasteiger partial charge on any atom is -0.508 e. The molecule has 2 atom stereocenters. The van der Waals surface area contributed by atoms with Crippen molar-refractivity contribution in [1.82, 2.24) is 15.5 Å². The number of thiol groups is 1. The second-order valence-electron chi connectivity index (χ2n) is 10.2. The van der Waals surface area contributed by atoms with E-state index in [1.165, 1.54) is 11.0 Å². The molecule has 0 spiro atoms. The highest BCUT2D eigenvalue weighted by molar-refractivity contribution is 7.80. The number of carbonyl (C=O) groups is 3. The van der Waals surface area contributed by atoms with Crippen molar-refractivity contribution in [1.29, 1.82) is 0 Å². The standard InChI is InChI=1S/C26H43N3O5S/c1-8-10-13-16-27-22(31)21(18-14-11-12-15-20(18)30)29(26(6,7)9-2)23(32)19(17-35)28-24(33)34-25(3,4)5/h11-12,14-15,19,21,30,35H,8-10,13,16-17H2,1-7H3,(H,27,31)(H,28,33). The van der Waals surface area contributed by atoms with Crippen LogP contribution in [0.1, 0.15) is 85.8 Å². The van der Waals surface area contributed by atoms with Crippen molar-refractivity contribution >= 4 is 30.5 Å². The van der Waals surface area contributed by atoms with Crippen LogP contribution in [0.2, 0.25) is 0 Å². The molecule has 1 aromatic carbocycles. The summed E-state index contributed by atoms with van der Waals surface area (Å²) in [7, 11) is 0. The summed E-state index contributed by atoms with van der Waals surface area (Å²) in [6.45, 7) is 13.3. The van der Waals surface area contributed by atoms with Gasteiger partial charge in [-0.2, -0.15) is 12.6 Å². The quantitative estimate of drug-likeness (QED) is 0.244. The van der Waals surface area contributed by atoms with Crippen LogP contribution in [0.5, 0.6) is 5.75 Å². The topological polar surface area (TPSA) is 108 Å². The number of hydrogen-bond acceptors (Lipinski definition) is 6. The molecule has 3 amide bonds. The number of phenolic OH excluding ortho intramolecular Hbond substituents is 1. The number of aromatic hydroxyl groups is 1. The Morgan fingerprint density at radius 2 is 1.71 bits per heavy atom. The van der Waals surface area contributed by atoms with Crippen molar-refractivity contribution in [3.63, 3.8) is 0 Å². The second kappa shape index (κ2) is 13.6. The van der Waals surface area contributed by atoms with E-state index < -0.39 is 41.1 Å². The number of alkyl carbamates (subject to hydrolysis) is 1. The Balaban J connectivity index is 3.47. The maximum atomic E-state index is 13.9. The van der Waals surface area contributed by atoms with Gasteiger partial charge in [-0.25, -0.2) is 4.79 Å². The van der Waals surface area contributed by atoms with Gasteiger partial charge in [-0.1, -0.05) is 44.9 Å². The Morgan fingerprint density at radius 3 is 2.23 bits per heavy atom. The van der Waals surface area contributed by atoms with Gasteiger partial charge in [-0.3, -0.25) is 9.59 Å². The van der Waals surface area contributed by atoms with E-state index in [0.717, 1.165) is 19.3 Å². The first kappa shape index (κ1) is 30.6. The average Bonchev–Trinajstić information content (AvgIpc) is 2.77. The van der Waals surface area contributed by atoms with Crippen molar-refractivity contribution in [2.45, 2.75) is 97.4 Å². The third kappa shape index (κ3) is 9.28. The van der Waals surface area contributed by atoms with Gasteiger partial charge in [-0.15, -0.1) is 0 Å². The van der Waals surface area contributed by atoms with E-state index >= 15 is 0 Å². The van der Waals surface area contributed by atoms with Crippen molar-refractivity contribution < 1.29 is 24.2 Å². The Morgan fingerprint density at radius 1 is 1.09 bits per heavy atom. The molecular formula is C26H43N3O5S. The van der Waals surface area contributed by atoms with Crippen LogP contribution in [0, 0.1) is 0 Å². The van der Waals surface area contributed by atoms with Crippen LogP contribution in [0.4, 0.5) is 4.79 Å². The maximum absolute atomic E-state index is 13.9. The molecule has 0 radical (unpaired) electrons. The monoisotopic (exact) mass is 509 g/mol. The van der Waals surface area contributed by atoms with E-state index in [9.17, 15) is 19.5 Å². The minimum absolute atomic E-state index is 0.0000185. The van der Waals surface area contributed by atoms with Crippen molar-refractivity contribution in [2.24, 2.45) is 0 Å². The molecular weight excluding hydrogens is 466 g/mol. The molecule has 3 N–H and O–H groups in total. The number of para-hydroxylation sites is 1. The second-order valence-corrected chi connectivity index (χ2v) is 10.6. The maximum Gasteiger partial charge on any atom is 0.408 e. The van der Waals surface area contributed by atoms with Gasteiger partial charge in [0.1, 0.15) is 23.4 Å². The van der Waals surface area contributed by atoms with Crippen LogP contribution in [-0.4, -0.2) is 57.4 Å². The van der Waals surface area contributed by atoms with Crippen molar-refractivity contribution in [3.8, 4) is 5.75 Å². The summed E-state index contributed by atoms with van der Waals surface area (Å²) in [5, 5.41) is 16.2. The Hall–Kier alpha value is -2.42. The summed E-state index contributed by atoms with van der Waals surface area (Å²) in [4.78, 5) is 41.4. The molecule has 2 unspecified atom stereocenters. The first-order chi connectivity index (χ1) is 16.3. The molecule has 1 rings (SSSR count). The van der Waals surface area contributed by atoms with E-state index in [1.807, 2.05) is 20.8 Å². The number of nitrogens with zero attached hydrogens (tertiary/aromatic N) is 1. The van der Waals surface area contributed by atoms with E-state index in [-0.39, 0.29) is 11.5 Å². The predicted molar refractivity (Wildman–Crippen MR) is 142 cm³/mol. The minimum atomic E-state index is -1.11. The lowest BCUT2D eigenvalue weighted by Gasteiger charge is -2.44. The number of ether oxygens (including phenoxy) is 1. The smallest absolute Gasteiger partial charge is 0.408 e. The lowest BCUT2D eigenvalue weighted by molar-refractivity contribution is -0.149. The van der Waals surface area contributed by atoms with E-state index in [1.54, 1.807) is 39.0 Å². The van der Waals surface area contributed by atoms with Gasteiger partial charge in [0.05, 0.1) is 0 Å². The van der Waals surface area contributed by atoms with Crippen LogP contribution >= 0.6 is 12.6 Å². The number of hydrogen-bond donors (Lipinski definition) is 4. The van der Waals surface area contributed by atoms with Gasteiger partial charge >= 0.3 is 6.09 Å². The van der Waals surface area contributed by atoms with Crippen LogP contribution in [0.3, 0.4) is 0 Å². The number of carbonyl (C=O) groups excluding carboxylic acids is 3. The summed E-state index contributed by atoms with van der Waals surface area (Å²) in [6, 6.07) is 4.34. The molecule has 0 heterocycles. The normalized spacial score (nSPS) is 13.5. The first-order valence-corrected chi connectivity index (χ1v) is 12.9. The zero-order chi connectivity index (χ0) is 26.8. The van der Waals surface area contributed by atoms with Gasteiger partial charge < -0.3 is 25.4 Å². The molecule has 198 valence electrons. The van der Waals surface area contributed by atoms with Gasteiger partial charge in [0.2, 0.25) is 11.8 Å². The molecule has 9 heteroatoms. The van der Waals surface area contributed by atoms with Gasteiger partial charge in [0.15, 0.2) is 0 Å². The lowest BCUT2D eigenvalue weighted by atomic mass is 9.91. The average molecular weight is 510 g/mol. The summed E-state index contributed by atoms with van der Waals surface area (Å²) in [5.41, 5.74) is -1.22. The lowest BCUT2D eigenvalue weighted by Crippen LogP contribution is -2.60. The number of benzene rings is 1. The SMILES string of the molecule is CCCCCNC(=O)C(c1ccccc1O)N(C(=O)C(CS)NC(=O)OC(C)(C)C)C(C)(C)CC. The Labute approximate surface area is 215 Å². The van der Waals surface area contributed by atoms with Gasteiger partial charge in [-0.05, 0) is 53.5 Å². The number of amides is 3. The van der Waals surface area contributed by atoms with Gasteiger partial charge in [0.25, 0.3) is 0 Å². The number of rotatable bonds is 12. The van der Waals surface area contributed by atoms with Crippen LogP contribution < -0.4 is 10.6 Å².